The molecule has 108 valence electrons. The lowest BCUT2D eigenvalue weighted by atomic mass is 9.92. The fourth-order valence-electron chi connectivity index (χ4n) is 2.42. The predicted octanol–water partition coefficient (Wildman–Crippen LogP) is 2.26. The molecule has 19 heavy (non-hydrogen) atoms. The molecule has 1 fully saturated rings. The minimum atomic E-state index is -0.371. The van der Waals surface area contributed by atoms with Gasteiger partial charge in [-0.1, -0.05) is 20.8 Å². The Morgan fingerprint density at radius 2 is 1.79 bits per heavy atom. The van der Waals surface area contributed by atoms with Crippen molar-refractivity contribution in [3.8, 4) is 0 Å². The summed E-state index contributed by atoms with van der Waals surface area (Å²) < 4.78 is 0. The van der Waals surface area contributed by atoms with Crippen molar-refractivity contribution in [3.63, 3.8) is 0 Å². The van der Waals surface area contributed by atoms with Crippen molar-refractivity contribution in [2.24, 2.45) is 5.41 Å². The molecule has 1 aliphatic heterocycles. The standard InChI is InChI=1S/C15H27N3O/c1-14(2,3)13(19)18-9-8-17(15(4,5)6)11-12(18)10-16-7/h12H,8-11H2,1-6H3/t12-/m0/s1. The van der Waals surface area contributed by atoms with Crippen molar-refractivity contribution < 1.29 is 4.79 Å². The highest BCUT2D eigenvalue weighted by molar-refractivity contribution is 5.82. The second-order valence-corrected chi connectivity index (χ2v) is 7.36. The topological polar surface area (TPSA) is 27.9 Å². The average Bonchev–Trinajstić information content (AvgIpc) is 2.26. The van der Waals surface area contributed by atoms with Crippen LogP contribution in [0.25, 0.3) is 4.85 Å². The first-order valence-corrected chi connectivity index (χ1v) is 6.96. The molecular formula is C15H27N3O. The number of nitrogens with zero attached hydrogens (tertiary/aromatic N) is 3. The molecular weight excluding hydrogens is 238 g/mol. The Hall–Kier alpha value is -1.08. The van der Waals surface area contributed by atoms with Gasteiger partial charge in [0.05, 0.1) is 0 Å². The van der Waals surface area contributed by atoms with E-state index in [1.165, 1.54) is 0 Å². The van der Waals surface area contributed by atoms with Crippen LogP contribution in [-0.2, 0) is 4.79 Å². The van der Waals surface area contributed by atoms with Gasteiger partial charge in [-0.15, -0.1) is 0 Å². The van der Waals surface area contributed by atoms with Crippen LogP contribution in [0.5, 0.6) is 0 Å². The van der Waals surface area contributed by atoms with Gasteiger partial charge >= 0.3 is 0 Å². The molecule has 4 nitrogen and oxygen atoms in total. The SMILES string of the molecule is [C-]#[N+]C[C@H]1CN(C(C)(C)C)CCN1C(=O)C(C)(C)C. The Balaban J connectivity index is 2.86. The largest absolute Gasteiger partial charge is 0.329 e. The van der Waals surface area contributed by atoms with Crippen LogP contribution in [0.3, 0.4) is 0 Å². The van der Waals surface area contributed by atoms with Crippen LogP contribution in [-0.4, -0.2) is 53.5 Å². The van der Waals surface area contributed by atoms with Gasteiger partial charge in [-0.05, 0) is 20.8 Å². The predicted molar refractivity (Wildman–Crippen MR) is 77.8 cm³/mol. The molecule has 0 unspecified atom stereocenters. The van der Waals surface area contributed by atoms with Gasteiger partial charge in [-0.25, -0.2) is 6.57 Å². The maximum atomic E-state index is 12.5. The highest BCUT2D eigenvalue weighted by atomic mass is 16.2. The van der Waals surface area contributed by atoms with Crippen LogP contribution in [0.15, 0.2) is 0 Å². The summed E-state index contributed by atoms with van der Waals surface area (Å²) in [6.07, 6.45) is 0. The lowest BCUT2D eigenvalue weighted by Gasteiger charge is -2.46. The molecule has 1 saturated heterocycles. The highest BCUT2D eigenvalue weighted by Crippen LogP contribution is 2.24. The molecule has 1 rings (SSSR count). The number of amides is 1. The minimum Gasteiger partial charge on any atom is -0.329 e. The Kier molecular flexibility index (Phi) is 4.63. The van der Waals surface area contributed by atoms with E-state index in [1.807, 2.05) is 25.7 Å². The minimum absolute atomic E-state index is 0.0252. The van der Waals surface area contributed by atoms with Crippen LogP contribution < -0.4 is 0 Å². The van der Waals surface area contributed by atoms with E-state index < -0.39 is 0 Å². The normalized spacial score (nSPS) is 22.2. The first kappa shape index (κ1) is 16.0. The Labute approximate surface area is 117 Å². The quantitative estimate of drug-likeness (QED) is 0.680. The maximum Gasteiger partial charge on any atom is 0.236 e. The molecule has 0 aromatic heterocycles. The maximum absolute atomic E-state index is 12.5. The molecule has 0 N–H and O–H groups in total. The molecule has 0 radical (unpaired) electrons. The molecule has 0 aliphatic carbocycles. The number of carbonyl (C=O) groups excluding carboxylic acids is 1. The zero-order valence-corrected chi connectivity index (χ0v) is 13.2. The van der Waals surface area contributed by atoms with Crippen molar-refractivity contribution in [2.45, 2.75) is 53.1 Å². The van der Waals surface area contributed by atoms with Gasteiger partial charge in [-0.2, -0.15) is 0 Å². The summed E-state index contributed by atoms with van der Waals surface area (Å²) in [4.78, 5) is 20.3. The van der Waals surface area contributed by atoms with E-state index in [0.29, 0.717) is 6.54 Å². The highest BCUT2D eigenvalue weighted by Gasteiger charge is 2.39. The summed E-state index contributed by atoms with van der Waals surface area (Å²) >= 11 is 0. The van der Waals surface area contributed by atoms with E-state index in [1.54, 1.807) is 0 Å². The summed E-state index contributed by atoms with van der Waals surface area (Å²) in [7, 11) is 0. The molecule has 1 amide bonds. The van der Waals surface area contributed by atoms with E-state index in [9.17, 15) is 4.79 Å². The van der Waals surface area contributed by atoms with Crippen molar-refractivity contribution in [3.05, 3.63) is 11.4 Å². The third-order valence-electron chi connectivity index (χ3n) is 3.64. The first-order valence-electron chi connectivity index (χ1n) is 6.96. The van der Waals surface area contributed by atoms with Gasteiger partial charge in [0, 0.05) is 30.6 Å². The van der Waals surface area contributed by atoms with Gasteiger partial charge in [0.1, 0.15) is 6.04 Å². The zero-order chi connectivity index (χ0) is 14.8. The summed E-state index contributed by atoms with van der Waals surface area (Å²) in [5.74, 6) is 0.162. The monoisotopic (exact) mass is 265 g/mol. The number of carbonyl (C=O) groups is 1. The van der Waals surface area contributed by atoms with Gasteiger partial charge < -0.3 is 9.74 Å². The lowest BCUT2D eigenvalue weighted by molar-refractivity contribution is -0.145. The molecule has 0 aromatic rings. The molecule has 1 heterocycles. The first-order chi connectivity index (χ1) is 8.57. The van der Waals surface area contributed by atoms with Gasteiger partial charge in [0.2, 0.25) is 12.5 Å². The van der Waals surface area contributed by atoms with Crippen LogP contribution >= 0.6 is 0 Å². The summed E-state index contributed by atoms with van der Waals surface area (Å²) in [5.41, 5.74) is -0.276. The van der Waals surface area contributed by atoms with Crippen LogP contribution in [0, 0.1) is 12.0 Å². The third kappa shape index (κ3) is 3.94. The van der Waals surface area contributed by atoms with Crippen LogP contribution in [0.1, 0.15) is 41.5 Å². The Bertz CT molecular complexity index is 370. The molecule has 1 aliphatic rings. The smallest absolute Gasteiger partial charge is 0.236 e. The van der Waals surface area contributed by atoms with E-state index >= 15 is 0 Å². The summed E-state index contributed by atoms with van der Waals surface area (Å²) in [6.45, 7) is 22.3. The molecule has 1 atom stereocenters. The fraction of sp³-hybridized carbons (Fsp3) is 0.867. The zero-order valence-electron chi connectivity index (χ0n) is 13.2. The average molecular weight is 265 g/mol. The van der Waals surface area contributed by atoms with E-state index in [-0.39, 0.29) is 22.9 Å². The van der Waals surface area contributed by atoms with Crippen molar-refractivity contribution >= 4 is 5.91 Å². The summed E-state index contributed by atoms with van der Waals surface area (Å²) in [5, 5.41) is 0. The number of hydrogen-bond donors (Lipinski definition) is 0. The lowest BCUT2D eigenvalue weighted by Crippen LogP contribution is -2.61. The van der Waals surface area contributed by atoms with Crippen molar-refractivity contribution in [1.29, 1.82) is 0 Å². The van der Waals surface area contributed by atoms with E-state index in [0.717, 1.165) is 19.6 Å². The third-order valence-corrected chi connectivity index (χ3v) is 3.64. The number of piperazine rings is 1. The van der Waals surface area contributed by atoms with Gasteiger partial charge in [-0.3, -0.25) is 9.69 Å². The van der Waals surface area contributed by atoms with Crippen LogP contribution in [0.2, 0.25) is 0 Å². The van der Waals surface area contributed by atoms with Gasteiger partial charge in [0.25, 0.3) is 0 Å². The molecule has 4 heteroatoms. The van der Waals surface area contributed by atoms with Crippen molar-refractivity contribution in [1.82, 2.24) is 9.80 Å². The molecule has 0 bridgehead atoms. The number of rotatable bonds is 1. The van der Waals surface area contributed by atoms with Crippen molar-refractivity contribution in [2.75, 3.05) is 26.2 Å². The number of hydrogen-bond acceptors (Lipinski definition) is 2. The Morgan fingerprint density at radius 1 is 1.21 bits per heavy atom. The Morgan fingerprint density at radius 3 is 2.21 bits per heavy atom. The van der Waals surface area contributed by atoms with Crippen LogP contribution in [0.4, 0.5) is 0 Å². The molecule has 0 aromatic carbocycles. The van der Waals surface area contributed by atoms with E-state index in [4.69, 9.17) is 6.57 Å². The fourth-order valence-corrected chi connectivity index (χ4v) is 2.42. The van der Waals surface area contributed by atoms with E-state index in [2.05, 4.69) is 30.5 Å². The second-order valence-electron chi connectivity index (χ2n) is 7.36. The van der Waals surface area contributed by atoms with Gasteiger partial charge in [0.15, 0.2) is 0 Å². The second kappa shape index (κ2) is 5.50. The molecule has 0 saturated carbocycles. The molecule has 0 spiro atoms. The summed E-state index contributed by atoms with van der Waals surface area (Å²) in [6, 6.07) is 0.0252.